The van der Waals surface area contributed by atoms with Crippen LogP contribution in [0.5, 0.6) is 11.5 Å². The first-order valence-corrected chi connectivity index (χ1v) is 12.6. The topological polar surface area (TPSA) is 67.9 Å². The van der Waals surface area contributed by atoms with Gasteiger partial charge in [-0.05, 0) is 80.6 Å². The van der Waals surface area contributed by atoms with Gasteiger partial charge in [-0.2, -0.15) is 0 Å². The van der Waals surface area contributed by atoms with Gasteiger partial charge in [0.05, 0.1) is 7.11 Å². The van der Waals surface area contributed by atoms with Gasteiger partial charge in [-0.25, -0.2) is 0 Å². The first-order chi connectivity index (χ1) is 17.7. The van der Waals surface area contributed by atoms with Gasteiger partial charge in [0.2, 0.25) is 5.91 Å². The smallest absolute Gasteiger partial charge is 0.261 e. The van der Waals surface area contributed by atoms with Crippen molar-refractivity contribution in [2.75, 3.05) is 13.7 Å². The number of benzene rings is 3. The van der Waals surface area contributed by atoms with Crippen LogP contribution in [0.2, 0.25) is 0 Å². The fraction of sp³-hybridized carbons (Fsp3) is 0.355. The third-order valence-corrected chi connectivity index (χ3v) is 6.30. The molecule has 0 saturated heterocycles. The second-order valence-corrected chi connectivity index (χ2v) is 9.74. The first-order valence-electron chi connectivity index (χ1n) is 12.6. The molecule has 0 aromatic heterocycles. The highest BCUT2D eigenvalue weighted by atomic mass is 16.5. The van der Waals surface area contributed by atoms with E-state index in [4.69, 9.17) is 9.47 Å². The molecule has 2 amide bonds. The van der Waals surface area contributed by atoms with Crippen molar-refractivity contribution < 1.29 is 19.1 Å². The Morgan fingerprint density at radius 2 is 1.62 bits per heavy atom. The van der Waals surface area contributed by atoms with E-state index in [1.807, 2.05) is 95.3 Å². The molecule has 37 heavy (non-hydrogen) atoms. The van der Waals surface area contributed by atoms with Gasteiger partial charge in [-0.3, -0.25) is 9.59 Å². The normalized spacial score (nSPS) is 11.6. The van der Waals surface area contributed by atoms with Crippen LogP contribution in [0.15, 0.2) is 66.7 Å². The van der Waals surface area contributed by atoms with Crippen molar-refractivity contribution in [3.05, 3.63) is 94.5 Å². The summed E-state index contributed by atoms with van der Waals surface area (Å²) in [6, 6.07) is 20.6. The van der Waals surface area contributed by atoms with Gasteiger partial charge in [0.1, 0.15) is 17.5 Å². The molecule has 0 heterocycles. The molecular weight excluding hydrogens is 464 g/mol. The number of nitrogens with one attached hydrogen (secondary N) is 1. The maximum Gasteiger partial charge on any atom is 0.261 e. The summed E-state index contributed by atoms with van der Waals surface area (Å²) in [4.78, 5) is 28.9. The number of carbonyl (C=O) groups is 2. The summed E-state index contributed by atoms with van der Waals surface area (Å²) in [6.07, 6.45) is 0.387. The van der Waals surface area contributed by atoms with Crippen molar-refractivity contribution in [1.82, 2.24) is 10.2 Å². The minimum Gasteiger partial charge on any atom is -0.497 e. The highest BCUT2D eigenvalue weighted by molar-refractivity contribution is 5.88. The molecule has 0 aliphatic rings. The van der Waals surface area contributed by atoms with E-state index in [0.29, 0.717) is 17.9 Å². The Morgan fingerprint density at radius 1 is 0.919 bits per heavy atom. The molecule has 6 nitrogen and oxygen atoms in total. The molecule has 0 bridgehead atoms. The lowest BCUT2D eigenvalue weighted by Crippen LogP contribution is -2.52. The largest absolute Gasteiger partial charge is 0.497 e. The average Bonchev–Trinajstić information content (AvgIpc) is 2.87. The summed E-state index contributed by atoms with van der Waals surface area (Å²) in [7, 11) is 1.61. The van der Waals surface area contributed by atoms with E-state index < -0.39 is 6.04 Å². The second-order valence-electron chi connectivity index (χ2n) is 9.74. The van der Waals surface area contributed by atoms with Crippen LogP contribution < -0.4 is 14.8 Å². The summed E-state index contributed by atoms with van der Waals surface area (Å²) in [5, 5.41) is 3.01. The van der Waals surface area contributed by atoms with E-state index in [1.165, 1.54) is 0 Å². The van der Waals surface area contributed by atoms with Crippen molar-refractivity contribution in [1.29, 1.82) is 0 Å². The van der Waals surface area contributed by atoms with Crippen molar-refractivity contribution >= 4 is 11.8 Å². The van der Waals surface area contributed by atoms with Gasteiger partial charge in [-0.1, -0.05) is 48.5 Å². The van der Waals surface area contributed by atoms with Crippen LogP contribution in [0.1, 0.15) is 41.7 Å². The van der Waals surface area contributed by atoms with Crippen LogP contribution in [0.25, 0.3) is 0 Å². The molecule has 0 spiro atoms. The zero-order valence-corrected chi connectivity index (χ0v) is 22.7. The fourth-order valence-electron chi connectivity index (χ4n) is 4.28. The number of aryl methyl sites for hydroxylation is 2. The predicted molar refractivity (Wildman–Crippen MR) is 147 cm³/mol. The van der Waals surface area contributed by atoms with Crippen LogP contribution >= 0.6 is 0 Å². The Bertz CT molecular complexity index is 1210. The Balaban J connectivity index is 1.95. The number of hydrogen-bond donors (Lipinski definition) is 1. The van der Waals surface area contributed by atoms with Crippen LogP contribution in [0, 0.1) is 20.8 Å². The first kappa shape index (κ1) is 27.8. The quantitative estimate of drug-likeness (QED) is 0.393. The molecule has 0 fully saturated rings. The molecule has 3 rings (SSSR count). The molecular formula is C31H38N2O4. The van der Waals surface area contributed by atoms with E-state index in [-0.39, 0.29) is 31.0 Å². The van der Waals surface area contributed by atoms with Gasteiger partial charge >= 0.3 is 0 Å². The number of carbonyl (C=O) groups excluding carboxylic acids is 2. The van der Waals surface area contributed by atoms with Gasteiger partial charge < -0.3 is 19.7 Å². The monoisotopic (exact) mass is 502 g/mol. The van der Waals surface area contributed by atoms with Crippen molar-refractivity contribution in [2.45, 2.75) is 59.7 Å². The third kappa shape index (κ3) is 7.84. The fourth-order valence-corrected chi connectivity index (χ4v) is 4.28. The zero-order chi connectivity index (χ0) is 26.9. The zero-order valence-electron chi connectivity index (χ0n) is 22.7. The lowest BCUT2D eigenvalue weighted by atomic mass is 10.0. The molecule has 0 aliphatic carbocycles. The Morgan fingerprint density at radius 3 is 2.30 bits per heavy atom. The molecule has 1 N–H and O–H groups in total. The van der Waals surface area contributed by atoms with E-state index in [9.17, 15) is 9.59 Å². The number of hydrogen-bond acceptors (Lipinski definition) is 4. The molecule has 196 valence electrons. The average molecular weight is 503 g/mol. The standard InChI is InChI=1S/C31H38N2O4/c1-21(2)32-31(35)28(18-25-11-8-7-9-12-25)33(19-26-13-10-14-27(17-26)36-6)30(34)20-37-29-16-22(3)15-23(4)24(29)5/h7-17,21,28H,18-20H2,1-6H3,(H,32,35)/t28-/m0/s1. The highest BCUT2D eigenvalue weighted by Gasteiger charge is 2.31. The minimum absolute atomic E-state index is 0.0614. The van der Waals surface area contributed by atoms with Crippen molar-refractivity contribution in [3.63, 3.8) is 0 Å². The molecule has 0 unspecified atom stereocenters. The molecule has 3 aromatic carbocycles. The number of amides is 2. The summed E-state index contributed by atoms with van der Waals surface area (Å²) >= 11 is 0. The second kappa shape index (κ2) is 12.9. The number of rotatable bonds is 11. The van der Waals surface area contributed by atoms with Gasteiger partial charge in [-0.15, -0.1) is 0 Å². The maximum absolute atomic E-state index is 13.8. The molecule has 0 aliphatic heterocycles. The Hall–Kier alpha value is -3.80. The Kier molecular flexibility index (Phi) is 9.72. The summed E-state index contributed by atoms with van der Waals surface area (Å²) in [5.41, 5.74) is 5.01. The lowest BCUT2D eigenvalue weighted by molar-refractivity contribution is -0.143. The SMILES string of the molecule is COc1cccc(CN(C(=O)COc2cc(C)cc(C)c2C)[C@@H](Cc2ccccc2)C(=O)NC(C)C)c1. The summed E-state index contributed by atoms with van der Waals surface area (Å²) in [5.74, 6) is 0.913. The Labute approximate surface area is 220 Å². The summed E-state index contributed by atoms with van der Waals surface area (Å²) < 4.78 is 11.4. The van der Waals surface area contributed by atoms with Crippen LogP contribution in [0.4, 0.5) is 0 Å². The number of methoxy groups -OCH3 is 1. The van der Waals surface area contributed by atoms with E-state index in [2.05, 4.69) is 11.4 Å². The van der Waals surface area contributed by atoms with E-state index in [1.54, 1.807) is 12.0 Å². The van der Waals surface area contributed by atoms with Gasteiger partial charge in [0.25, 0.3) is 5.91 Å². The van der Waals surface area contributed by atoms with Crippen LogP contribution in [0.3, 0.4) is 0 Å². The van der Waals surface area contributed by atoms with E-state index >= 15 is 0 Å². The highest BCUT2D eigenvalue weighted by Crippen LogP contribution is 2.24. The molecule has 1 atom stereocenters. The van der Waals surface area contributed by atoms with Crippen molar-refractivity contribution in [2.24, 2.45) is 0 Å². The summed E-state index contributed by atoms with van der Waals surface area (Å²) in [6.45, 7) is 9.91. The van der Waals surface area contributed by atoms with Crippen molar-refractivity contribution in [3.8, 4) is 11.5 Å². The number of nitrogens with zero attached hydrogens (tertiary/aromatic N) is 1. The van der Waals surface area contributed by atoms with Crippen LogP contribution in [-0.2, 0) is 22.6 Å². The lowest BCUT2D eigenvalue weighted by Gasteiger charge is -2.32. The van der Waals surface area contributed by atoms with Gasteiger partial charge in [0.15, 0.2) is 6.61 Å². The molecule has 0 radical (unpaired) electrons. The molecule has 6 heteroatoms. The molecule has 0 saturated carbocycles. The predicted octanol–water partition coefficient (Wildman–Crippen LogP) is 5.16. The minimum atomic E-state index is -0.715. The van der Waals surface area contributed by atoms with E-state index in [0.717, 1.165) is 27.8 Å². The molecule has 3 aromatic rings. The van der Waals surface area contributed by atoms with Crippen LogP contribution in [-0.4, -0.2) is 42.5 Å². The maximum atomic E-state index is 13.8. The van der Waals surface area contributed by atoms with Gasteiger partial charge in [0, 0.05) is 19.0 Å². The third-order valence-electron chi connectivity index (χ3n) is 6.30. The number of ether oxygens (including phenoxy) is 2.